The highest BCUT2D eigenvalue weighted by atomic mass is 32.2. The third-order valence-corrected chi connectivity index (χ3v) is 7.05. The van der Waals surface area contributed by atoms with Crippen LogP contribution in [-0.2, 0) is 19.9 Å². The van der Waals surface area contributed by atoms with Gasteiger partial charge in [-0.15, -0.1) is 0 Å². The van der Waals surface area contributed by atoms with Crippen LogP contribution in [0.5, 0.6) is 0 Å². The van der Waals surface area contributed by atoms with Crippen molar-refractivity contribution in [3.63, 3.8) is 0 Å². The van der Waals surface area contributed by atoms with Crippen molar-refractivity contribution in [2.45, 2.75) is 25.0 Å². The maximum atomic E-state index is 11.9. The molecule has 0 saturated carbocycles. The standard InChI is InChI=1S/C9H18N2O4S3/c1-7(9(10)16)6-11-18(14,15)8-2-4-17(12,13)5-3-8/h7-8,11H,2-6H2,1H3,(H2,10,16). The normalized spacial score (nSPS) is 22.5. The Hall–Kier alpha value is -0.250. The number of hydrogen-bond acceptors (Lipinski definition) is 5. The van der Waals surface area contributed by atoms with Gasteiger partial charge in [-0.3, -0.25) is 0 Å². The lowest BCUT2D eigenvalue weighted by molar-refractivity contribution is 0.539. The van der Waals surface area contributed by atoms with Gasteiger partial charge in [-0.25, -0.2) is 21.6 Å². The third-order valence-electron chi connectivity index (χ3n) is 3.02. The van der Waals surface area contributed by atoms with E-state index in [9.17, 15) is 16.8 Å². The molecule has 1 fully saturated rings. The molecule has 1 atom stereocenters. The van der Waals surface area contributed by atoms with Crippen LogP contribution in [0, 0.1) is 5.92 Å². The van der Waals surface area contributed by atoms with Gasteiger partial charge in [-0.05, 0) is 12.8 Å². The average Bonchev–Trinajstić information content (AvgIpc) is 2.25. The van der Waals surface area contributed by atoms with Crippen LogP contribution in [0.2, 0.25) is 0 Å². The molecule has 18 heavy (non-hydrogen) atoms. The summed E-state index contributed by atoms with van der Waals surface area (Å²) in [6.45, 7) is 1.89. The maximum Gasteiger partial charge on any atom is 0.214 e. The molecule has 0 aromatic rings. The van der Waals surface area contributed by atoms with Gasteiger partial charge in [0.05, 0.1) is 21.7 Å². The van der Waals surface area contributed by atoms with E-state index < -0.39 is 25.1 Å². The van der Waals surface area contributed by atoms with Crippen molar-refractivity contribution in [3.05, 3.63) is 0 Å². The van der Waals surface area contributed by atoms with Gasteiger partial charge in [-0.1, -0.05) is 19.1 Å². The van der Waals surface area contributed by atoms with Crippen molar-refractivity contribution in [1.82, 2.24) is 4.72 Å². The minimum Gasteiger partial charge on any atom is -0.393 e. The Balaban J connectivity index is 2.58. The number of hydrogen-bond donors (Lipinski definition) is 2. The number of thiocarbonyl (C=S) groups is 1. The molecule has 106 valence electrons. The Morgan fingerprint density at radius 2 is 1.94 bits per heavy atom. The molecule has 1 rings (SSSR count). The molecule has 0 aromatic carbocycles. The third kappa shape index (κ3) is 4.45. The Labute approximate surface area is 113 Å². The van der Waals surface area contributed by atoms with Gasteiger partial charge in [0.15, 0.2) is 0 Å². The summed E-state index contributed by atoms with van der Waals surface area (Å²) in [5, 5.41) is -0.639. The minimum absolute atomic E-state index is 0.0660. The number of nitrogens with one attached hydrogen (secondary N) is 1. The first-order valence-corrected chi connectivity index (χ1v) is 9.40. The SMILES string of the molecule is CC(CNS(=O)(=O)C1CCS(=O)(=O)CC1)C(N)=S. The molecule has 1 unspecified atom stereocenters. The summed E-state index contributed by atoms with van der Waals surface area (Å²) >= 11 is 4.76. The minimum atomic E-state index is -3.49. The predicted octanol–water partition coefficient (Wildman–Crippen LogP) is -0.595. The summed E-state index contributed by atoms with van der Waals surface area (Å²) in [5.74, 6) is -0.352. The van der Waals surface area contributed by atoms with Crippen molar-refractivity contribution in [2.75, 3.05) is 18.1 Å². The monoisotopic (exact) mass is 314 g/mol. The van der Waals surface area contributed by atoms with Crippen LogP contribution in [0.4, 0.5) is 0 Å². The van der Waals surface area contributed by atoms with E-state index in [1.807, 2.05) is 0 Å². The van der Waals surface area contributed by atoms with E-state index in [0.717, 1.165) is 0 Å². The molecule has 0 aliphatic carbocycles. The molecular formula is C9H18N2O4S3. The number of sulfone groups is 1. The first kappa shape index (κ1) is 15.8. The van der Waals surface area contributed by atoms with Crippen molar-refractivity contribution in [2.24, 2.45) is 11.7 Å². The van der Waals surface area contributed by atoms with Crippen molar-refractivity contribution in [1.29, 1.82) is 0 Å². The van der Waals surface area contributed by atoms with Crippen LogP contribution in [0.1, 0.15) is 19.8 Å². The fourth-order valence-corrected chi connectivity index (χ4v) is 5.09. The fraction of sp³-hybridized carbons (Fsp3) is 0.889. The van der Waals surface area contributed by atoms with E-state index in [2.05, 4.69) is 4.72 Å². The molecule has 0 spiro atoms. The van der Waals surface area contributed by atoms with Crippen LogP contribution in [0.25, 0.3) is 0 Å². The van der Waals surface area contributed by atoms with E-state index in [-0.39, 0.29) is 41.8 Å². The van der Waals surface area contributed by atoms with Gasteiger partial charge in [0.25, 0.3) is 0 Å². The molecule has 0 radical (unpaired) electrons. The lowest BCUT2D eigenvalue weighted by Crippen LogP contribution is -2.42. The van der Waals surface area contributed by atoms with Gasteiger partial charge in [0.2, 0.25) is 10.0 Å². The van der Waals surface area contributed by atoms with Crippen LogP contribution >= 0.6 is 12.2 Å². The zero-order valence-electron chi connectivity index (χ0n) is 10.1. The van der Waals surface area contributed by atoms with E-state index in [0.29, 0.717) is 0 Å². The summed E-state index contributed by atoms with van der Waals surface area (Å²) in [5.41, 5.74) is 5.40. The molecular weight excluding hydrogens is 296 g/mol. The summed E-state index contributed by atoms with van der Waals surface area (Å²) in [6.07, 6.45) is 0.304. The highest BCUT2D eigenvalue weighted by Gasteiger charge is 2.32. The molecule has 1 aliphatic heterocycles. The molecule has 6 nitrogen and oxygen atoms in total. The van der Waals surface area contributed by atoms with Crippen molar-refractivity contribution >= 4 is 37.1 Å². The average molecular weight is 314 g/mol. The second-order valence-electron chi connectivity index (χ2n) is 4.55. The Kier molecular flexibility index (Phi) is 5.10. The molecule has 0 amide bonds. The molecule has 0 bridgehead atoms. The van der Waals surface area contributed by atoms with Crippen molar-refractivity contribution < 1.29 is 16.8 Å². The Bertz CT molecular complexity index is 498. The number of nitrogens with two attached hydrogens (primary N) is 1. The molecule has 3 N–H and O–H groups in total. The summed E-state index contributed by atoms with van der Waals surface area (Å²) in [4.78, 5) is 0.254. The lowest BCUT2D eigenvalue weighted by atomic mass is 10.2. The summed E-state index contributed by atoms with van der Waals surface area (Å²) in [6, 6.07) is 0. The fourth-order valence-electron chi connectivity index (χ4n) is 1.64. The Morgan fingerprint density at radius 3 is 2.39 bits per heavy atom. The highest BCUT2D eigenvalue weighted by molar-refractivity contribution is 7.92. The van der Waals surface area contributed by atoms with Crippen LogP contribution in [0.15, 0.2) is 0 Å². The summed E-state index contributed by atoms with van der Waals surface area (Å²) < 4.78 is 48.8. The van der Waals surface area contributed by atoms with Gasteiger partial charge >= 0.3 is 0 Å². The molecule has 0 aromatic heterocycles. The number of sulfonamides is 1. The zero-order chi connectivity index (χ0) is 14.0. The van der Waals surface area contributed by atoms with Crippen molar-refractivity contribution in [3.8, 4) is 0 Å². The van der Waals surface area contributed by atoms with Gasteiger partial charge in [0.1, 0.15) is 9.84 Å². The molecule has 1 heterocycles. The molecule has 9 heteroatoms. The largest absolute Gasteiger partial charge is 0.393 e. The number of rotatable bonds is 5. The Morgan fingerprint density at radius 1 is 1.44 bits per heavy atom. The van der Waals surface area contributed by atoms with Gasteiger partial charge in [-0.2, -0.15) is 0 Å². The predicted molar refractivity (Wildman–Crippen MR) is 74.5 cm³/mol. The molecule has 1 aliphatic rings. The first-order chi connectivity index (χ1) is 8.14. The second kappa shape index (κ2) is 5.81. The van der Waals surface area contributed by atoms with E-state index in [4.69, 9.17) is 18.0 Å². The molecule has 1 saturated heterocycles. The highest BCUT2D eigenvalue weighted by Crippen LogP contribution is 2.18. The van der Waals surface area contributed by atoms with Crippen LogP contribution < -0.4 is 10.5 Å². The van der Waals surface area contributed by atoms with Gasteiger partial charge in [0, 0.05) is 12.5 Å². The first-order valence-electron chi connectivity index (χ1n) is 5.62. The zero-order valence-corrected chi connectivity index (χ0v) is 12.6. The smallest absolute Gasteiger partial charge is 0.214 e. The topological polar surface area (TPSA) is 106 Å². The second-order valence-corrected chi connectivity index (χ2v) is 9.37. The van der Waals surface area contributed by atoms with E-state index in [1.165, 1.54) is 0 Å². The summed E-state index contributed by atoms with van der Waals surface area (Å²) in [7, 11) is -6.55. The van der Waals surface area contributed by atoms with Gasteiger partial charge < -0.3 is 5.73 Å². The maximum absolute atomic E-state index is 11.9. The quantitative estimate of drug-likeness (QED) is 0.657. The van der Waals surface area contributed by atoms with E-state index >= 15 is 0 Å². The van der Waals surface area contributed by atoms with E-state index in [1.54, 1.807) is 6.92 Å². The van der Waals surface area contributed by atoms with Crippen LogP contribution in [-0.4, -0.2) is 45.1 Å². The lowest BCUT2D eigenvalue weighted by Gasteiger charge is -2.23. The van der Waals surface area contributed by atoms with Crippen LogP contribution in [0.3, 0.4) is 0 Å².